The molecule has 0 radical (unpaired) electrons. The van der Waals surface area contributed by atoms with Crippen LogP contribution in [0, 0.1) is 0 Å². The molecule has 0 aliphatic carbocycles. The van der Waals surface area contributed by atoms with Crippen molar-refractivity contribution in [2.45, 2.75) is 64.7 Å². The molecule has 0 aliphatic heterocycles. The molecule has 0 bridgehead atoms. The number of methoxy groups -OCH3 is 1. The molecule has 0 unspecified atom stereocenters. The van der Waals surface area contributed by atoms with E-state index in [0.29, 0.717) is 16.6 Å². The van der Waals surface area contributed by atoms with Gasteiger partial charge in [-0.3, -0.25) is 0 Å². The van der Waals surface area contributed by atoms with Gasteiger partial charge in [0.15, 0.2) is 0 Å². The Morgan fingerprint density at radius 3 is 1.76 bits per heavy atom. The molecule has 1 aromatic carbocycles. The van der Waals surface area contributed by atoms with Gasteiger partial charge in [0, 0.05) is 6.54 Å². The van der Waals surface area contributed by atoms with E-state index in [1.807, 2.05) is 12.1 Å². The van der Waals surface area contributed by atoms with Gasteiger partial charge in [0.2, 0.25) is 8.32 Å². The highest BCUT2D eigenvalue weighted by atomic mass is 28.4. The van der Waals surface area contributed by atoms with Crippen molar-refractivity contribution >= 4 is 8.32 Å². The third kappa shape index (κ3) is 4.31. The van der Waals surface area contributed by atoms with Crippen LogP contribution >= 0.6 is 0 Å². The molecule has 4 heteroatoms. The second kappa shape index (κ2) is 7.97. The summed E-state index contributed by atoms with van der Waals surface area (Å²) in [6.45, 7) is 14.5. The van der Waals surface area contributed by atoms with Crippen molar-refractivity contribution in [3.8, 4) is 5.75 Å². The van der Waals surface area contributed by atoms with Crippen LogP contribution in [0.25, 0.3) is 0 Å². The average Bonchev–Trinajstić information content (AvgIpc) is 2.43. The Morgan fingerprint density at radius 1 is 0.905 bits per heavy atom. The van der Waals surface area contributed by atoms with E-state index in [4.69, 9.17) is 9.26 Å². The molecule has 0 aromatic heterocycles. The minimum atomic E-state index is -1.84. The maximum absolute atomic E-state index is 6.33. The van der Waals surface area contributed by atoms with Crippen LogP contribution in [-0.4, -0.2) is 15.4 Å². The zero-order valence-corrected chi connectivity index (χ0v) is 15.6. The first kappa shape index (κ1) is 18.2. The van der Waals surface area contributed by atoms with Crippen LogP contribution in [0.15, 0.2) is 24.3 Å². The standard InChI is InChI=1S/C17H31NO2Si/c1-13(2)21(14(3)4,15(5)6)20-18-12-16-8-10-17(19-7)11-9-16/h8-11,13-15,18H,12H2,1-7H3. The van der Waals surface area contributed by atoms with Crippen LogP contribution in [0.5, 0.6) is 5.75 Å². The van der Waals surface area contributed by atoms with Crippen LogP contribution in [0.3, 0.4) is 0 Å². The topological polar surface area (TPSA) is 30.5 Å². The van der Waals surface area contributed by atoms with Gasteiger partial charge in [0.1, 0.15) is 5.75 Å². The predicted octanol–water partition coefficient (Wildman–Crippen LogP) is 4.89. The van der Waals surface area contributed by atoms with Crippen LogP contribution in [0.4, 0.5) is 0 Å². The molecule has 0 amide bonds. The average molecular weight is 310 g/mol. The smallest absolute Gasteiger partial charge is 0.228 e. The van der Waals surface area contributed by atoms with Gasteiger partial charge in [-0.2, -0.15) is 0 Å². The predicted molar refractivity (Wildman–Crippen MR) is 92.0 cm³/mol. The lowest BCUT2D eigenvalue weighted by Gasteiger charge is -2.41. The maximum atomic E-state index is 6.33. The third-order valence-corrected chi connectivity index (χ3v) is 10.3. The highest BCUT2D eigenvalue weighted by molar-refractivity contribution is 6.77. The summed E-state index contributed by atoms with van der Waals surface area (Å²) in [5.74, 6) is 0.884. The molecule has 21 heavy (non-hydrogen) atoms. The minimum Gasteiger partial charge on any atom is -0.497 e. The van der Waals surface area contributed by atoms with Crippen LogP contribution in [-0.2, 0) is 11.1 Å². The molecule has 120 valence electrons. The molecule has 1 aromatic rings. The minimum absolute atomic E-state index is 0.584. The first-order chi connectivity index (χ1) is 9.84. The SMILES string of the molecule is COc1ccc(CNO[Si](C(C)C)(C(C)C)C(C)C)cc1. The Kier molecular flexibility index (Phi) is 6.91. The second-order valence-electron chi connectivity index (χ2n) is 6.59. The Balaban J connectivity index is 2.69. The van der Waals surface area contributed by atoms with Crippen LogP contribution < -0.4 is 10.2 Å². The van der Waals surface area contributed by atoms with Crippen molar-refractivity contribution in [3.05, 3.63) is 29.8 Å². The summed E-state index contributed by atoms with van der Waals surface area (Å²) in [4.78, 5) is 0. The highest BCUT2D eigenvalue weighted by Crippen LogP contribution is 2.41. The Morgan fingerprint density at radius 2 is 1.38 bits per heavy atom. The molecule has 1 rings (SSSR count). The van der Waals surface area contributed by atoms with Gasteiger partial charge >= 0.3 is 0 Å². The van der Waals surface area contributed by atoms with Crippen molar-refractivity contribution in [2.24, 2.45) is 0 Å². The monoisotopic (exact) mass is 309 g/mol. The molecule has 0 fully saturated rings. The number of ether oxygens (including phenoxy) is 1. The van der Waals surface area contributed by atoms with E-state index in [1.165, 1.54) is 5.56 Å². The van der Waals surface area contributed by atoms with Gasteiger partial charge < -0.3 is 9.26 Å². The number of rotatable bonds is 8. The maximum Gasteiger partial charge on any atom is 0.228 e. The summed E-state index contributed by atoms with van der Waals surface area (Å²) in [6, 6.07) is 8.10. The molecule has 0 heterocycles. The summed E-state index contributed by atoms with van der Waals surface area (Å²) >= 11 is 0. The van der Waals surface area contributed by atoms with E-state index in [-0.39, 0.29) is 0 Å². The number of hydrogen-bond acceptors (Lipinski definition) is 3. The highest BCUT2D eigenvalue weighted by Gasteiger charge is 2.45. The molecule has 0 saturated heterocycles. The van der Waals surface area contributed by atoms with Crippen LogP contribution in [0.2, 0.25) is 16.6 Å². The molecular weight excluding hydrogens is 278 g/mol. The van der Waals surface area contributed by atoms with Crippen molar-refractivity contribution in [1.82, 2.24) is 5.48 Å². The van der Waals surface area contributed by atoms with Gasteiger partial charge in [0.05, 0.1) is 7.11 Å². The van der Waals surface area contributed by atoms with Crippen molar-refractivity contribution in [2.75, 3.05) is 7.11 Å². The van der Waals surface area contributed by atoms with Gasteiger partial charge in [-0.25, -0.2) is 5.48 Å². The summed E-state index contributed by atoms with van der Waals surface area (Å²) in [5, 5.41) is 0. The van der Waals surface area contributed by atoms with Crippen molar-refractivity contribution in [3.63, 3.8) is 0 Å². The number of nitrogens with one attached hydrogen (secondary N) is 1. The lowest BCUT2D eigenvalue weighted by molar-refractivity contribution is 0.160. The summed E-state index contributed by atoms with van der Waals surface area (Å²) in [7, 11) is -0.150. The number of hydroxylamine groups is 1. The van der Waals surface area contributed by atoms with Crippen molar-refractivity contribution < 1.29 is 9.26 Å². The molecule has 3 nitrogen and oxygen atoms in total. The molecule has 0 saturated carbocycles. The van der Waals surface area contributed by atoms with E-state index in [2.05, 4.69) is 59.2 Å². The fraction of sp³-hybridized carbons (Fsp3) is 0.647. The summed E-state index contributed by atoms with van der Waals surface area (Å²) in [6.07, 6.45) is 0. The lowest BCUT2D eigenvalue weighted by atomic mass is 10.2. The first-order valence-electron chi connectivity index (χ1n) is 7.88. The third-order valence-electron chi connectivity index (χ3n) is 4.39. The fourth-order valence-corrected chi connectivity index (χ4v) is 8.37. The van der Waals surface area contributed by atoms with E-state index in [1.54, 1.807) is 7.11 Å². The Hall–Kier alpha value is -0.843. The normalized spacial score (nSPS) is 12.5. The van der Waals surface area contributed by atoms with E-state index in [9.17, 15) is 0 Å². The van der Waals surface area contributed by atoms with E-state index < -0.39 is 8.32 Å². The Labute approximate surface area is 131 Å². The Bertz CT molecular complexity index is 394. The molecule has 0 aliphatic rings. The quantitative estimate of drug-likeness (QED) is 0.548. The zero-order valence-electron chi connectivity index (χ0n) is 14.6. The molecular formula is C17H31NO2Si. The second-order valence-corrected chi connectivity index (χ2v) is 12.0. The van der Waals surface area contributed by atoms with Gasteiger partial charge in [-0.1, -0.05) is 53.7 Å². The van der Waals surface area contributed by atoms with Gasteiger partial charge in [-0.05, 0) is 34.3 Å². The molecule has 0 atom stereocenters. The van der Waals surface area contributed by atoms with E-state index >= 15 is 0 Å². The van der Waals surface area contributed by atoms with E-state index in [0.717, 1.165) is 12.3 Å². The number of hydrogen-bond donors (Lipinski definition) is 1. The van der Waals surface area contributed by atoms with Gasteiger partial charge in [0.25, 0.3) is 0 Å². The van der Waals surface area contributed by atoms with Gasteiger partial charge in [-0.15, -0.1) is 0 Å². The zero-order chi connectivity index (χ0) is 16.0. The van der Waals surface area contributed by atoms with Crippen molar-refractivity contribution in [1.29, 1.82) is 0 Å². The lowest BCUT2D eigenvalue weighted by Crippen LogP contribution is -2.51. The molecule has 0 spiro atoms. The summed E-state index contributed by atoms with van der Waals surface area (Å²) in [5.41, 5.74) is 6.20. The largest absolute Gasteiger partial charge is 0.497 e. The van der Waals surface area contributed by atoms with Crippen LogP contribution in [0.1, 0.15) is 47.1 Å². The fourth-order valence-electron chi connectivity index (χ4n) is 3.34. The number of benzene rings is 1. The first-order valence-corrected chi connectivity index (χ1v) is 10.0. The molecule has 1 N–H and O–H groups in total. The summed E-state index contributed by atoms with van der Waals surface area (Å²) < 4.78 is 11.5.